The first kappa shape index (κ1) is 13.9. The Kier molecular flexibility index (Phi) is 4.62. The summed E-state index contributed by atoms with van der Waals surface area (Å²) >= 11 is 0. The van der Waals surface area contributed by atoms with E-state index < -0.39 is 0 Å². The molecule has 1 aromatic rings. The van der Waals surface area contributed by atoms with Crippen LogP contribution >= 0.6 is 0 Å². The maximum absolute atomic E-state index is 6.01. The van der Waals surface area contributed by atoms with Crippen molar-refractivity contribution < 1.29 is 0 Å². The Morgan fingerprint density at radius 1 is 1.00 bits per heavy atom. The fraction of sp³-hybridized carbons (Fsp3) is 0.667. The molecule has 1 aliphatic heterocycles. The summed E-state index contributed by atoms with van der Waals surface area (Å²) in [6, 6.07) is 9.01. The zero-order chi connectivity index (χ0) is 13.8. The van der Waals surface area contributed by atoms with Gasteiger partial charge in [-0.1, -0.05) is 31.0 Å². The van der Waals surface area contributed by atoms with Crippen LogP contribution in [-0.4, -0.2) is 19.6 Å². The predicted molar refractivity (Wildman–Crippen MR) is 86.1 cm³/mol. The second kappa shape index (κ2) is 6.62. The fourth-order valence-electron chi connectivity index (χ4n) is 4.08. The highest BCUT2D eigenvalue weighted by molar-refractivity contribution is 5.54. The van der Waals surface area contributed by atoms with Crippen LogP contribution in [-0.2, 0) is 6.42 Å². The molecule has 0 amide bonds. The van der Waals surface area contributed by atoms with E-state index >= 15 is 0 Å². The number of aryl methyl sites for hydroxylation is 1. The first-order valence-corrected chi connectivity index (χ1v) is 8.41. The molecule has 1 aromatic carbocycles. The zero-order valence-corrected chi connectivity index (χ0v) is 12.6. The molecule has 0 aromatic heterocycles. The summed E-state index contributed by atoms with van der Waals surface area (Å²) in [5.74, 6) is 1.55. The number of nitrogens with zero attached hydrogens (tertiary/aromatic N) is 1. The second-order valence-corrected chi connectivity index (χ2v) is 6.57. The van der Waals surface area contributed by atoms with Gasteiger partial charge < -0.3 is 10.6 Å². The van der Waals surface area contributed by atoms with Crippen LogP contribution in [0, 0.1) is 11.8 Å². The summed E-state index contributed by atoms with van der Waals surface area (Å²) in [5.41, 5.74) is 9.04. The van der Waals surface area contributed by atoms with E-state index in [4.69, 9.17) is 5.73 Å². The summed E-state index contributed by atoms with van der Waals surface area (Å²) in [6.07, 6.45) is 9.41. The van der Waals surface area contributed by atoms with Crippen LogP contribution in [0.2, 0.25) is 0 Å². The van der Waals surface area contributed by atoms with E-state index in [1.54, 1.807) is 5.56 Å². The molecule has 2 atom stereocenters. The molecule has 1 aliphatic carbocycles. The highest BCUT2D eigenvalue weighted by atomic mass is 15.1. The predicted octanol–water partition coefficient (Wildman–Crippen LogP) is 3.59. The third-order valence-corrected chi connectivity index (χ3v) is 5.28. The number of nitrogens with two attached hydrogens (primary N) is 1. The van der Waals surface area contributed by atoms with E-state index in [1.807, 2.05) is 0 Å². The van der Waals surface area contributed by atoms with Crippen LogP contribution in [0.3, 0.4) is 0 Å². The lowest BCUT2D eigenvalue weighted by Gasteiger charge is -2.36. The second-order valence-electron chi connectivity index (χ2n) is 6.57. The monoisotopic (exact) mass is 272 g/mol. The van der Waals surface area contributed by atoms with Gasteiger partial charge in [-0.2, -0.15) is 0 Å². The number of para-hydroxylation sites is 1. The molecule has 2 heteroatoms. The van der Waals surface area contributed by atoms with Crippen molar-refractivity contribution in [2.75, 3.05) is 24.5 Å². The summed E-state index contributed by atoms with van der Waals surface area (Å²) in [7, 11) is 0. The van der Waals surface area contributed by atoms with Gasteiger partial charge in [-0.25, -0.2) is 0 Å². The molecule has 0 bridgehead atoms. The standard InChI is InChI=1S/C18H28N2/c19-13-16-9-1-2-10-17(16)14-20-12-6-5-8-15-7-3-4-11-18(15)20/h3-4,7,11,16-17H,1-2,5-6,8-10,12-14,19H2. The molecule has 2 unspecified atom stereocenters. The van der Waals surface area contributed by atoms with E-state index in [1.165, 1.54) is 63.7 Å². The van der Waals surface area contributed by atoms with Crippen molar-refractivity contribution in [3.63, 3.8) is 0 Å². The van der Waals surface area contributed by atoms with Crippen molar-refractivity contribution in [1.82, 2.24) is 0 Å². The first-order chi connectivity index (χ1) is 9.88. The minimum atomic E-state index is 0.749. The number of fused-ring (bicyclic) bond motifs is 1. The zero-order valence-electron chi connectivity index (χ0n) is 12.6. The number of benzene rings is 1. The molecular formula is C18H28N2. The molecule has 1 fully saturated rings. The van der Waals surface area contributed by atoms with Gasteiger partial charge in [0.25, 0.3) is 0 Å². The Morgan fingerprint density at radius 3 is 2.65 bits per heavy atom. The Balaban J connectivity index is 1.76. The Labute approximate surface area is 123 Å². The molecule has 0 spiro atoms. The molecule has 0 radical (unpaired) electrons. The number of anilines is 1. The molecule has 2 nitrogen and oxygen atoms in total. The maximum Gasteiger partial charge on any atom is 0.0398 e. The number of hydrogen-bond acceptors (Lipinski definition) is 2. The molecule has 110 valence electrons. The number of rotatable bonds is 3. The minimum Gasteiger partial charge on any atom is -0.371 e. The van der Waals surface area contributed by atoms with Crippen molar-refractivity contribution in [3.05, 3.63) is 29.8 Å². The topological polar surface area (TPSA) is 29.3 Å². The van der Waals surface area contributed by atoms with E-state index in [0.717, 1.165) is 18.4 Å². The third kappa shape index (κ3) is 3.01. The Morgan fingerprint density at radius 2 is 1.80 bits per heavy atom. The molecule has 1 saturated carbocycles. The van der Waals surface area contributed by atoms with E-state index in [9.17, 15) is 0 Å². The molecule has 2 N–H and O–H groups in total. The highest BCUT2D eigenvalue weighted by Crippen LogP contribution is 2.33. The number of hydrogen-bond donors (Lipinski definition) is 1. The maximum atomic E-state index is 6.01. The van der Waals surface area contributed by atoms with Gasteiger partial charge >= 0.3 is 0 Å². The van der Waals surface area contributed by atoms with Crippen LogP contribution in [0.4, 0.5) is 5.69 Å². The Hall–Kier alpha value is -1.02. The van der Waals surface area contributed by atoms with Gasteiger partial charge in [-0.3, -0.25) is 0 Å². The SMILES string of the molecule is NCC1CCCCC1CN1CCCCc2ccccc21. The largest absolute Gasteiger partial charge is 0.371 e. The summed E-state index contributed by atoms with van der Waals surface area (Å²) in [6.45, 7) is 3.32. The van der Waals surface area contributed by atoms with E-state index in [-0.39, 0.29) is 0 Å². The van der Waals surface area contributed by atoms with Crippen molar-refractivity contribution >= 4 is 5.69 Å². The average Bonchev–Trinajstić information content (AvgIpc) is 2.71. The normalized spacial score (nSPS) is 26.9. The van der Waals surface area contributed by atoms with Crippen LogP contribution in [0.5, 0.6) is 0 Å². The molecule has 0 saturated heterocycles. The van der Waals surface area contributed by atoms with Gasteiger partial charge in [0, 0.05) is 18.8 Å². The molecule has 2 aliphatic rings. The van der Waals surface area contributed by atoms with Crippen LogP contribution < -0.4 is 10.6 Å². The van der Waals surface area contributed by atoms with Gasteiger partial charge in [0.05, 0.1) is 0 Å². The van der Waals surface area contributed by atoms with Crippen LogP contribution in [0.15, 0.2) is 24.3 Å². The lowest BCUT2D eigenvalue weighted by molar-refractivity contribution is 0.246. The van der Waals surface area contributed by atoms with E-state index in [2.05, 4.69) is 29.2 Å². The lowest BCUT2D eigenvalue weighted by atomic mass is 9.79. The molecular weight excluding hydrogens is 244 g/mol. The summed E-state index contributed by atoms with van der Waals surface area (Å²) in [4.78, 5) is 2.65. The van der Waals surface area contributed by atoms with Crippen LogP contribution in [0.1, 0.15) is 44.1 Å². The van der Waals surface area contributed by atoms with Gasteiger partial charge in [0.15, 0.2) is 0 Å². The van der Waals surface area contributed by atoms with Gasteiger partial charge in [-0.15, -0.1) is 0 Å². The van der Waals surface area contributed by atoms with E-state index in [0.29, 0.717) is 0 Å². The van der Waals surface area contributed by atoms with Gasteiger partial charge in [0.2, 0.25) is 0 Å². The third-order valence-electron chi connectivity index (χ3n) is 5.28. The summed E-state index contributed by atoms with van der Waals surface area (Å²) < 4.78 is 0. The van der Waals surface area contributed by atoms with Crippen molar-refractivity contribution in [1.29, 1.82) is 0 Å². The Bertz CT molecular complexity index is 429. The van der Waals surface area contributed by atoms with Crippen molar-refractivity contribution in [3.8, 4) is 0 Å². The highest BCUT2D eigenvalue weighted by Gasteiger charge is 2.27. The summed E-state index contributed by atoms with van der Waals surface area (Å²) in [5, 5.41) is 0. The smallest absolute Gasteiger partial charge is 0.0398 e. The fourth-order valence-corrected chi connectivity index (χ4v) is 4.08. The molecule has 20 heavy (non-hydrogen) atoms. The molecule has 1 heterocycles. The van der Waals surface area contributed by atoms with Crippen LogP contribution in [0.25, 0.3) is 0 Å². The first-order valence-electron chi connectivity index (χ1n) is 8.41. The quantitative estimate of drug-likeness (QED) is 0.911. The van der Waals surface area contributed by atoms with Crippen molar-refractivity contribution in [2.24, 2.45) is 17.6 Å². The minimum absolute atomic E-state index is 0.749. The van der Waals surface area contributed by atoms with Gasteiger partial charge in [0.1, 0.15) is 0 Å². The average molecular weight is 272 g/mol. The lowest BCUT2D eigenvalue weighted by Crippen LogP contribution is -2.37. The molecule has 3 rings (SSSR count). The van der Waals surface area contributed by atoms with Gasteiger partial charge in [-0.05, 0) is 62.1 Å². The van der Waals surface area contributed by atoms with Crippen molar-refractivity contribution in [2.45, 2.75) is 44.9 Å².